The van der Waals surface area contributed by atoms with E-state index in [0.717, 1.165) is 21.4 Å². The Bertz CT molecular complexity index is 581. The minimum Gasteiger partial charge on any atom is -0.265 e. The Balaban J connectivity index is 2.43. The summed E-state index contributed by atoms with van der Waals surface area (Å²) in [5, 5.41) is 15.2. The lowest BCUT2D eigenvalue weighted by Crippen LogP contribution is -2.12. The lowest BCUT2D eigenvalue weighted by atomic mass is 9.92. The van der Waals surface area contributed by atoms with Gasteiger partial charge in [-0.2, -0.15) is 5.10 Å². The fourth-order valence-electron chi connectivity index (χ4n) is 1.66. The summed E-state index contributed by atoms with van der Waals surface area (Å²) in [6, 6.07) is 2.12. The Morgan fingerprint density at radius 3 is 2.05 bits per heavy atom. The van der Waals surface area contributed by atoms with E-state index in [1.165, 1.54) is 0 Å². The second-order valence-electron chi connectivity index (χ2n) is 6.95. The maximum absolute atomic E-state index is 4.59. The molecule has 2 aromatic heterocycles. The molecule has 2 rings (SSSR count). The zero-order chi connectivity index (χ0) is 14.4. The van der Waals surface area contributed by atoms with Gasteiger partial charge in [0.25, 0.3) is 0 Å². The van der Waals surface area contributed by atoms with Crippen LogP contribution in [0.5, 0.6) is 0 Å². The molecule has 2 aromatic rings. The highest BCUT2D eigenvalue weighted by atomic mass is 32.1. The first-order chi connectivity index (χ1) is 8.59. The van der Waals surface area contributed by atoms with E-state index in [0.29, 0.717) is 0 Å². The van der Waals surface area contributed by atoms with Crippen LogP contribution in [-0.4, -0.2) is 20.0 Å². The highest BCUT2D eigenvalue weighted by molar-refractivity contribution is 7.14. The largest absolute Gasteiger partial charge is 0.265 e. The second kappa shape index (κ2) is 4.40. The van der Waals surface area contributed by atoms with Crippen molar-refractivity contribution in [2.24, 2.45) is 7.05 Å². The van der Waals surface area contributed by atoms with Crippen molar-refractivity contribution in [1.82, 2.24) is 20.0 Å². The summed E-state index contributed by atoms with van der Waals surface area (Å²) in [6.45, 7) is 13.0. The summed E-state index contributed by atoms with van der Waals surface area (Å²) in [5.41, 5.74) is 2.21. The number of aromatic nitrogens is 4. The van der Waals surface area contributed by atoms with Gasteiger partial charge in [-0.15, -0.1) is 10.2 Å². The molecule has 0 atom stereocenters. The zero-order valence-corrected chi connectivity index (χ0v) is 13.6. The van der Waals surface area contributed by atoms with Crippen molar-refractivity contribution in [2.45, 2.75) is 52.4 Å². The van der Waals surface area contributed by atoms with Crippen LogP contribution in [0.25, 0.3) is 10.7 Å². The minimum absolute atomic E-state index is 0.0430. The van der Waals surface area contributed by atoms with E-state index in [9.17, 15) is 0 Å². The van der Waals surface area contributed by atoms with Gasteiger partial charge in [-0.3, -0.25) is 4.68 Å². The van der Waals surface area contributed by atoms with Crippen LogP contribution in [0.2, 0.25) is 0 Å². The van der Waals surface area contributed by atoms with Crippen LogP contribution in [-0.2, 0) is 17.9 Å². The number of aryl methyl sites for hydroxylation is 1. The third kappa shape index (κ3) is 2.86. The molecule has 104 valence electrons. The maximum atomic E-state index is 4.59. The SMILES string of the molecule is Cn1nc(C(C)(C)C)cc1-c1nnc(C(C)(C)C)s1. The third-order valence-corrected chi connectivity index (χ3v) is 4.31. The lowest BCUT2D eigenvalue weighted by molar-refractivity contribution is 0.553. The van der Waals surface area contributed by atoms with Gasteiger partial charge >= 0.3 is 0 Å². The molecule has 0 radical (unpaired) electrons. The normalized spacial score (nSPS) is 13.0. The van der Waals surface area contributed by atoms with Crippen LogP contribution in [0.4, 0.5) is 0 Å². The Morgan fingerprint density at radius 2 is 1.63 bits per heavy atom. The van der Waals surface area contributed by atoms with Crippen molar-refractivity contribution in [2.75, 3.05) is 0 Å². The van der Waals surface area contributed by atoms with E-state index >= 15 is 0 Å². The Kier molecular flexibility index (Phi) is 3.29. The van der Waals surface area contributed by atoms with E-state index in [-0.39, 0.29) is 10.8 Å². The molecule has 0 aliphatic heterocycles. The van der Waals surface area contributed by atoms with Crippen LogP contribution in [0, 0.1) is 0 Å². The summed E-state index contributed by atoms with van der Waals surface area (Å²) in [4.78, 5) is 0. The van der Waals surface area contributed by atoms with Gasteiger partial charge in [0.2, 0.25) is 0 Å². The van der Waals surface area contributed by atoms with Gasteiger partial charge in [-0.05, 0) is 6.07 Å². The summed E-state index contributed by atoms with van der Waals surface area (Å²) in [6.07, 6.45) is 0. The van der Waals surface area contributed by atoms with Gasteiger partial charge in [-0.25, -0.2) is 0 Å². The number of hydrogen-bond donors (Lipinski definition) is 0. The Labute approximate surface area is 118 Å². The summed E-state index contributed by atoms with van der Waals surface area (Å²) >= 11 is 1.65. The van der Waals surface area contributed by atoms with Gasteiger partial charge in [0, 0.05) is 17.9 Å². The molecule has 0 unspecified atom stereocenters. The average molecular weight is 278 g/mol. The molecule has 0 aliphatic rings. The first-order valence-electron chi connectivity index (χ1n) is 6.48. The molecule has 0 bridgehead atoms. The molecule has 0 N–H and O–H groups in total. The molecule has 2 heterocycles. The lowest BCUT2D eigenvalue weighted by Gasteiger charge is -2.13. The molecular formula is C14H22N4S. The molecule has 19 heavy (non-hydrogen) atoms. The van der Waals surface area contributed by atoms with E-state index in [2.05, 4.69) is 62.9 Å². The van der Waals surface area contributed by atoms with Crippen LogP contribution in [0.15, 0.2) is 6.07 Å². The highest BCUT2D eigenvalue weighted by Crippen LogP contribution is 2.32. The van der Waals surface area contributed by atoms with E-state index in [4.69, 9.17) is 0 Å². The predicted octanol–water partition coefficient (Wildman–Crippen LogP) is 3.53. The molecule has 0 spiro atoms. The standard InChI is InChI=1S/C14H22N4S/c1-13(2,3)10-8-9(18(7)17-10)11-15-16-12(19-11)14(4,5)6/h8H,1-7H3. The van der Waals surface area contributed by atoms with Crippen molar-refractivity contribution in [3.05, 3.63) is 16.8 Å². The van der Waals surface area contributed by atoms with E-state index in [1.54, 1.807) is 11.3 Å². The average Bonchev–Trinajstić information content (AvgIpc) is 2.80. The van der Waals surface area contributed by atoms with Crippen molar-refractivity contribution in [3.8, 4) is 10.7 Å². The maximum Gasteiger partial charge on any atom is 0.165 e. The fourth-order valence-corrected chi connectivity index (χ4v) is 2.61. The Morgan fingerprint density at radius 1 is 1.00 bits per heavy atom. The zero-order valence-electron chi connectivity index (χ0n) is 12.8. The van der Waals surface area contributed by atoms with Crippen LogP contribution < -0.4 is 0 Å². The van der Waals surface area contributed by atoms with Gasteiger partial charge in [0.15, 0.2) is 5.01 Å². The predicted molar refractivity (Wildman–Crippen MR) is 79.5 cm³/mol. The monoisotopic (exact) mass is 278 g/mol. The Hall–Kier alpha value is -1.23. The summed E-state index contributed by atoms with van der Waals surface area (Å²) in [7, 11) is 1.96. The van der Waals surface area contributed by atoms with E-state index < -0.39 is 0 Å². The number of hydrogen-bond acceptors (Lipinski definition) is 4. The quantitative estimate of drug-likeness (QED) is 0.801. The molecule has 0 aromatic carbocycles. The molecule has 0 aliphatic carbocycles. The number of rotatable bonds is 1. The molecule has 0 fully saturated rings. The molecular weight excluding hydrogens is 256 g/mol. The first-order valence-corrected chi connectivity index (χ1v) is 7.29. The van der Waals surface area contributed by atoms with Crippen LogP contribution in [0.1, 0.15) is 52.2 Å². The molecule has 5 heteroatoms. The highest BCUT2D eigenvalue weighted by Gasteiger charge is 2.23. The summed E-state index contributed by atoms with van der Waals surface area (Å²) < 4.78 is 1.90. The van der Waals surface area contributed by atoms with Crippen molar-refractivity contribution >= 4 is 11.3 Å². The molecule has 0 saturated carbocycles. The minimum atomic E-state index is 0.0430. The van der Waals surface area contributed by atoms with Gasteiger partial charge in [0.1, 0.15) is 5.01 Å². The topological polar surface area (TPSA) is 43.6 Å². The fraction of sp³-hybridized carbons (Fsp3) is 0.643. The van der Waals surface area contributed by atoms with Gasteiger partial charge in [0.05, 0.1) is 11.4 Å². The van der Waals surface area contributed by atoms with Crippen LogP contribution in [0.3, 0.4) is 0 Å². The van der Waals surface area contributed by atoms with Crippen molar-refractivity contribution < 1.29 is 0 Å². The number of nitrogens with zero attached hydrogens (tertiary/aromatic N) is 4. The van der Waals surface area contributed by atoms with Crippen molar-refractivity contribution in [1.29, 1.82) is 0 Å². The second-order valence-corrected chi connectivity index (χ2v) is 7.93. The summed E-state index contributed by atoms with van der Waals surface area (Å²) in [5.74, 6) is 0. The third-order valence-electron chi connectivity index (χ3n) is 2.93. The van der Waals surface area contributed by atoms with Gasteiger partial charge < -0.3 is 0 Å². The van der Waals surface area contributed by atoms with Gasteiger partial charge in [-0.1, -0.05) is 52.9 Å². The van der Waals surface area contributed by atoms with Crippen LogP contribution >= 0.6 is 11.3 Å². The molecule has 4 nitrogen and oxygen atoms in total. The van der Waals surface area contributed by atoms with E-state index in [1.807, 2.05) is 11.7 Å². The smallest absolute Gasteiger partial charge is 0.165 e. The molecule has 0 amide bonds. The van der Waals surface area contributed by atoms with Crippen molar-refractivity contribution in [3.63, 3.8) is 0 Å². The first kappa shape index (κ1) is 14.2. The molecule has 0 saturated heterocycles.